The summed E-state index contributed by atoms with van der Waals surface area (Å²) in [6.45, 7) is 6.08. The molecule has 1 aliphatic rings. The van der Waals surface area contributed by atoms with E-state index in [0.29, 0.717) is 12.4 Å². The monoisotopic (exact) mass is 170 g/mol. The first-order valence-corrected chi connectivity index (χ1v) is 4.11. The Labute approximate surface area is 72.4 Å². The number of carbonyl (C=O) groups is 1. The van der Waals surface area contributed by atoms with Crippen LogP contribution in [0.15, 0.2) is 11.8 Å². The molecule has 0 bridgehead atoms. The van der Waals surface area contributed by atoms with Crippen LogP contribution in [0, 0.1) is 5.92 Å². The number of hydrogen-bond acceptors (Lipinski definition) is 3. The van der Waals surface area contributed by atoms with Crippen LogP contribution in [0.1, 0.15) is 20.8 Å². The predicted octanol–water partition coefficient (Wildman–Crippen LogP) is 1.49. The summed E-state index contributed by atoms with van der Waals surface area (Å²) in [4.78, 5) is 11.0. The highest BCUT2D eigenvalue weighted by Crippen LogP contribution is 2.17. The fourth-order valence-electron chi connectivity index (χ4n) is 1.03. The van der Waals surface area contributed by atoms with Gasteiger partial charge in [-0.3, -0.25) is 4.79 Å². The quantitative estimate of drug-likeness (QED) is 0.602. The molecule has 0 aliphatic carbocycles. The van der Waals surface area contributed by atoms with Crippen LogP contribution in [-0.4, -0.2) is 18.7 Å². The Morgan fingerprint density at radius 2 is 2.33 bits per heavy atom. The second-order valence-corrected chi connectivity index (χ2v) is 3.19. The minimum Gasteiger partial charge on any atom is -0.431 e. The normalized spacial score (nSPS) is 22.8. The van der Waals surface area contributed by atoms with Gasteiger partial charge < -0.3 is 9.47 Å². The molecule has 0 saturated heterocycles. The molecule has 1 unspecified atom stereocenters. The number of esters is 1. The molecule has 0 saturated carbocycles. The molecule has 0 radical (unpaired) electrons. The Balaban J connectivity index is 2.37. The zero-order chi connectivity index (χ0) is 9.14. The van der Waals surface area contributed by atoms with Gasteiger partial charge >= 0.3 is 5.97 Å². The number of rotatable bonds is 3. The molecule has 0 amide bonds. The Hall–Kier alpha value is -0.830. The molecule has 1 aliphatic heterocycles. The van der Waals surface area contributed by atoms with Gasteiger partial charge in [0.2, 0.25) is 0 Å². The largest absolute Gasteiger partial charge is 0.431 e. The summed E-state index contributed by atoms with van der Waals surface area (Å²) < 4.78 is 10.1. The fraction of sp³-hybridized carbons (Fsp3) is 0.667. The van der Waals surface area contributed by atoms with Crippen LogP contribution in [0.5, 0.6) is 0 Å². The van der Waals surface area contributed by atoms with Crippen LogP contribution in [0.2, 0.25) is 0 Å². The summed E-state index contributed by atoms with van der Waals surface area (Å²) in [5, 5.41) is 0. The average Bonchev–Trinajstić information content (AvgIpc) is 2.26. The lowest BCUT2D eigenvalue weighted by atomic mass is 10.2. The third-order valence-corrected chi connectivity index (χ3v) is 1.61. The van der Waals surface area contributed by atoms with Gasteiger partial charge in [-0.2, -0.15) is 0 Å². The van der Waals surface area contributed by atoms with E-state index in [9.17, 15) is 4.79 Å². The summed E-state index contributed by atoms with van der Waals surface area (Å²) in [6, 6.07) is 0. The first kappa shape index (κ1) is 9.26. The lowest BCUT2D eigenvalue weighted by Crippen LogP contribution is -2.17. The molecular weight excluding hydrogens is 156 g/mol. The van der Waals surface area contributed by atoms with Crippen LogP contribution < -0.4 is 0 Å². The summed E-state index contributed by atoms with van der Waals surface area (Å²) in [5.41, 5.74) is 0. The molecule has 0 fully saturated rings. The lowest BCUT2D eigenvalue weighted by molar-refractivity contribution is -0.141. The van der Waals surface area contributed by atoms with Gasteiger partial charge in [0.25, 0.3) is 0 Å². The van der Waals surface area contributed by atoms with Crippen molar-refractivity contribution in [1.29, 1.82) is 0 Å². The van der Waals surface area contributed by atoms with E-state index in [1.807, 2.05) is 13.8 Å². The molecular formula is C9H14O3. The van der Waals surface area contributed by atoms with Gasteiger partial charge in [0.1, 0.15) is 11.7 Å². The minimum absolute atomic E-state index is 0.159. The Morgan fingerprint density at radius 1 is 1.67 bits per heavy atom. The molecule has 0 aromatic carbocycles. The van der Waals surface area contributed by atoms with Gasteiger partial charge in [0.15, 0.2) is 0 Å². The van der Waals surface area contributed by atoms with Crippen LogP contribution in [0.25, 0.3) is 0 Å². The highest BCUT2D eigenvalue weighted by atomic mass is 16.5. The summed E-state index contributed by atoms with van der Waals surface area (Å²) in [6.07, 6.45) is 1.96. The molecule has 3 heteroatoms. The van der Waals surface area contributed by atoms with Gasteiger partial charge in [0, 0.05) is 0 Å². The number of cyclic esters (lactones) is 1. The highest BCUT2D eigenvalue weighted by molar-refractivity contribution is 5.78. The average molecular weight is 170 g/mol. The second kappa shape index (κ2) is 3.72. The van der Waals surface area contributed by atoms with Crippen molar-refractivity contribution in [2.45, 2.75) is 26.9 Å². The molecule has 1 atom stereocenters. The minimum atomic E-state index is -0.201. The molecule has 0 spiro atoms. The molecule has 12 heavy (non-hydrogen) atoms. The van der Waals surface area contributed by atoms with Crippen molar-refractivity contribution in [2.75, 3.05) is 6.61 Å². The van der Waals surface area contributed by atoms with Gasteiger partial charge in [-0.1, -0.05) is 0 Å². The summed E-state index contributed by atoms with van der Waals surface area (Å²) in [7, 11) is 0. The number of carbonyl (C=O) groups excluding carboxylic acids is 1. The fourth-order valence-corrected chi connectivity index (χ4v) is 1.03. The summed E-state index contributed by atoms with van der Waals surface area (Å²) in [5.74, 6) is 0.276. The number of ether oxygens (including phenoxy) is 2. The van der Waals surface area contributed by atoms with Crippen molar-refractivity contribution < 1.29 is 14.3 Å². The SMILES string of the molecule is CC1=CC(COC(C)C)C(=O)O1. The van der Waals surface area contributed by atoms with Gasteiger partial charge in [-0.25, -0.2) is 0 Å². The third-order valence-electron chi connectivity index (χ3n) is 1.61. The van der Waals surface area contributed by atoms with Gasteiger partial charge in [-0.05, 0) is 26.8 Å². The van der Waals surface area contributed by atoms with E-state index in [1.54, 1.807) is 13.0 Å². The van der Waals surface area contributed by atoms with E-state index in [0.717, 1.165) is 0 Å². The molecule has 0 N–H and O–H groups in total. The predicted molar refractivity (Wildman–Crippen MR) is 44.4 cm³/mol. The van der Waals surface area contributed by atoms with Crippen molar-refractivity contribution >= 4 is 5.97 Å². The van der Waals surface area contributed by atoms with E-state index >= 15 is 0 Å². The van der Waals surface area contributed by atoms with Crippen LogP contribution >= 0.6 is 0 Å². The number of hydrogen-bond donors (Lipinski definition) is 0. The number of allylic oxidation sites excluding steroid dienone is 1. The van der Waals surface area contributed by atoms with Crippen LogP contribution in [0.3, 0.4) is 0 Å². The maximum absolute atomic E-state index is 11.0. The Kier molecular flexibility index (Phi) is 2.87. The zero-order valence-electron chi connectivity index (χ0n) is 7.66. The van der Waals surface area contributed by atoms with E-state index in [-0.39, 0.29) is 18.0 Å². The van der Waals surface area contributed by atoms with E-state index < -0.39 is 0 Å². The summed E-state index contributed by atoms with van der Waals surface area (Å²) >= 11 is 0. The van der Waals surface area contributed by atoms with E-state index in [2.05, 4.69) is 0 Å². The van der Waals surface area contributed by atoms with E-state index in [1.165, 1.54) is 0 Å². The van der Waals surface area contributed by atoms with Gasteiger partial charge in [0.05, 0.1) is 12.7 Å². The lowest BCUT2D eigenvalue weighted by Gasteiger charge is -2.08. The van der Waals surface area contributed by atoms with Crippen molar-refractivity contribution in [2.24, 2.45) is 5.92 Å². The van der Waals surface area contributed by atoms with Crippen LogP contribution in [-0.2, 0) is 14.3 Å². The van der Waals surface area contributed by atoms with Crippen LogP contribution in [0.4, 0.5) is 0 Å². The topological polar surface area (TPSA) is 35.5 Å². The maximum Gasteiger partial charge on any atom is 0.320 e. The van der Waals surface area contributed by atoms with Crippen molar-refractivity contribution in [3.8, 4) is 0 Å². The molecule has 0 aromatic rings. The molecule has 1 rings (SSSR count). The van der Waals surface area contributed by atoms with Crippen molar-refractivity contribution in [1.82, 2.24) is 0 Å². The van der Waals surface area contributed by atoms with E-state index in [4.69, 9.17) is 9.47 Å². The Morgan fingerprint density at radius 3 is 2.75 bits per heavy atom. The maximum atomic E-state index is 11.0. The van der Waals surface area contributed by atoms with Gasteiger partial charge in [-0.15, -0.1) is 0 Å². The second-order valence-electron chi connectivity index (χ2n) is 3.19. The zero-order valence-corrected chi connectivity index (χ0v) is 7.66. The molecule has 1 heterocycles. The standard InChI is InChI=1S/C9H14O3/c1-6(2)11-5-8-4-7(3)12-9(8)10/h4,6,8H,5H2,1-3H3. The Bertz CT molecular complexity index is 206. The molecule has 68 valence electrons. The molecule has 0 aromatic heterocycles. The third kappa shape index (κ3) is 2.34. The van der Waals surface area contributed by atoms with Crippen molar-refractivity contribution in [3.63, 3.8) is 0 Å². The highest BCUT2D eigenvalue weighted by Gasteiger charge is 2.25. The van der Waals surface area contributed by atoms with Crippen molar-refractivity contribution in [3.05, 3.63) is 11.8 Å². The first-order chi connectivity index (χ1) is 5.59. The smallest absolute Gasteiger partial charge is 0.320 e. The molecule has 3 nitrogen and oxygen atoms in total. The first-order valence-electron chi connectivity index (χ1n) is 4.11.